The second kappa shape index (κ2) is 7.54. The molecule has 0 unspecified atom stereocenters. The highest BCUT2D eigenvalue weighted by atomic mass is 16.5. The molecule has 2 aromatic carbocycles. The quantitative estimate of drug-likeness (QED) is 0.549. The molecule has 134 valence electrons. The molecule has 0 amide bonds. The fourth-order valence-electron chi connectivity index (χ4n) is 2.69. The first-order valence-electron chi connectivity index (χ1n) is 8.12. The molecular formula is C20H17N5O2. The monoisotopic (exact) mass is 359 g/mol. The number of benzene rings is 2. The van der Waals surface area contributed by atoms with Crippen LogP contribution >= 0.6 is 0 Å². The molecule has 0 atom stereocenters. The van der Waals surface area contributed by atoms with Gasteiger partial charge in [-0.2, -0.15) is 15.5 Å². The Balaban J connectivity index is 2.01. The summed E-state index contributed by atoms with van der Waals surface area (Å²) in [5.74, 6) is -0.610. The number of rotatable bonds is 4. The van der Waals surface area contributed by atoms with Gasteiger partial charge < -0.3 is 15.0 Å². The van der Waals surface area contributed by atoms with Crippen molar-refractivity contribution in [3.05, 3.63) is 71.5 Å². The van der Waals surface area contributed by atoms with Crippen LogP contribution in [-0.2, 0) is 4.74 Å². The topological polar surface area (TPSA) is 106 Å². The van der Waals surface area contributed by atoms with E-state index in [0.29, 0.717) is 11.4 Å². The van der Waals surface area contributed by atoms with Gasteiger partial charge in [-0.3, -0.25) is 0 Å². The maximum absolute atomic E-state index is 12.1. The zero-order chi connectivity index (χ0) is 19.4. The predicted molar refractivity (Wildman–Crippen MR) is 102 cm³/mol. The minimum atomic E-state index is -0.610. The van der Waals surface area contributed by atoms with Gasteiger partial charge in [0.15, 0.2) is 5.69 Å². The summed E-state index contributed by atoms with van der Waals surface area (Å²) in [5.41, 5.74) is 9.32. The third kappa shape index (κ3) is 3.55. The minimum absolute atomic E-state index is 0.0941. The lowest BCUT2D eigenvalue weighted by atomic mass is 10.1. The van der Waals surface area contributed by atoms with Gasteiger partial charge in [0, 0.05) is 11.9 Å². The van der Waals surface area contributed by atoms with Crippen LogP contribution in [-0.4, -0.2) is 17.6 Å². The van der Waals surface area contributed by atoms with E-state index in [4.69, 9.17) is 10.5 Å². The van der Waals surface area contributed by atoms with Crippen molar-refractivity contribution >= 4 is 23.0 Å². The highest BCUT2D eigenvalue weighted by molar-refractivity contribution is 5.96. The Morgan fingerprint density at radius 3 is 2.48 bits per heavy atom. The number of nitrogen functional groups attached to an aromatic ring is 1. The Hall–Kier alpha value is -3.92. The number of carbonyl (C=O) groups excluding carboxylic acids is 1. The largest absolute Gasteiger partial charge is 0.464 e. The second-order valence-corrected chi connectivity index (χ2v) is 5.78. The Bertz CT molecular complexity index is 1060. The van der Waals surface area contributed by atoms with Crippen LogP contribution < -0.4 is 5.73 Å². The molecule has 7 heteroatoms. The number of hydrogen-bond acceptors (Lipinski definition) is 6. The standard InChI is InChI=1S/C20H17N5O2/c1-13-10-16(24-23-15-6-4-3-5-7-15)8-9-17(13)25-12-14(11-21)18(22)19(25)20(26)27-2/h3-10,12H,22H2,1-2H3. The van der Waals surface area contributed by atoms with Crippen LogP contribution in [0.15, 0.2) is 65.0 Å². The SMILES string of the molecule is COC(=O)c1c(N)c(C#N)cn1-c1ccc(N=Nc2ccccc2)cc1C. The van der Waals surface area contributed by atoms with Gasteiger partial charge in [-0.15, -0.1) is 0 Å². The van der Waals surface area contributed by atoms with E-state index in [2.05, 4.69) is 10.2 Å². The zero-order valence-corrected chi connectivity index (χ0v) is 14.9. The first-order valence-corrected chi connectivity index (χ1v) is 8.12. The summed E-state index contributed by atoms with van der Waals surface area (Å²) < 4.78 is 6.37. The molecule has 0 aliphatic carbocycles. The van der Waals surface area contributed by atoms with Crippen molar-refractivity contribution in [3.63, 3.8) is 0 Å². The molecular weight excluding hydrogens is 342 g/mol. The van der Waals surface area contributed by atoms with E-state index in [1.54, 1.807) is 16.7 Å². The number of methoxy groups -OCH3 is 1. The maximum atomic E-state index is 12.1. The molecule has 1 heterocycles. The van der Waals surface area contributed by atoms with Crippen molar-refractivity contribution in [3.8, 4) is 11.8 Å². The first kappa shape index (κ1) is 17.9. The normalized spacial score (nSPS) is 10.7. The third-order valence-electron chi connectivity index (χ3n) is 4.02. The fourth-order valence-corrected chi connectivity index (χ4v) is 2.69. The van der Waals surface area contributed by atoms with Crippen LogP contribution in [0.25, 0.3) is 5.69 Å². The van der Waals surface area contributed by atoms with E-state index in [1.165, 1.54) is 13.3 Å². The number of nitrogens with two attached hydrogens (primary N) is 1. The van der Waals surface area contributed by atoms with Gasteiger partial charge in [-0.1, -0.05) is 18.2 Å². The number of hydrogen-bond donors (Lipinski definition) is 1. The van der Waals surface area contributed by atoms with Crippen LogP contribution in [0.4, 0.5) is 17.1 Å². The smallest absolute Gasteiger partial charge is 0.357 e. The first-order chi connectivity index (χ1) is 13.0. The summed E-state index contributed by atoms with van der Waals surface area (Å²) in [4.78, 5) is 12.1. The van der Waals surface area contributed by atoms with Crippen LogP contribution in [0.3, 0.4) is 0 Å². The molecule has 2 N–H and O–H groups in total. The van der Waals surface area contributed by atoms with Crippen molar-refractivity contribution in [1.29, 1.82) is 5.26 Å². The Kier molecular flexibility index (Phi) is 4.99. The average molecular weight is 359 g/mol. The van der Waals surface area contributed by atoms with E-state index in [9.17, 15) is 10.1 Å². The molecule has 3 rings (SSSR count). The average Bonchev–Trinajstić information content (AvgIpc) is 3.02. The highest BCUT2D eigenvalue weighted by Crippen LogP contribution is 2.29. The summed E-state index contributed by atoms with van der Waals surface area (Å²) >= 11 is 0. The molecule has 0 saturated heterocycles. The van der Waals surface area contributed by atoms with Gasteiger partial charge in [0.25, 0.3) is 0 Å². The van der Waals surface area contributed by atoms with Crippen molar-refractivity contribution in [2.75, 3.05) is 12.8 Å². The van der Waals surface area contributed by atoms with Crippen LogP contribution in [0.2, 0.25) is 0 Å². The number of anilines is 1. The number of nitriles is 1. The van der Waals surface area contributed by atoms with Crippen molar-refractivity contribution in [2.24, 2.45) is 10.2 Å². The lowest BCUT2D eigenvalue weighted by Gasteiger charge is -2.11. The van der Waals surface area contributed by atoms with Crippen molar-refractivity contribution in [2.45, 2.75) is 6.92 Å². The van der Waals surface area contributed by atoms with Crippen molar-refractivity contribution in [1.82, 2.24) is 4.57 Å². The van der Waals surface area contributed by atoms with E-state index < -0.39 is 5.97 Å². The maximum Gasteiger partial charge on any atom is 0.357 e. The number of ether oxygens (including phenoxy) is 1. The van der Waals surface area contributed by atoms with Crippen LogP contribution in [0.1, 0.15) is 21.6 Å². The molecule has 27 heavy (non-hydrogen) atoms. The number of carbonyl (C=O) groups is 1. The highest BCUT2D eigenvalue weighted by Gasteiger charge is 2.22. The van der Waals surface area contributed by atoms with Crippen molar-refractivity contribution < 1.29 is 9.53 Å². The molecule has 0 bridgehead atoms. The molecule has 0 aliphatic rings. The molecule has 0 radical (unpaired) electrons. The Morgan fingerprint density at radius 1 is 1.15 bits per heavy atom. The van der Waals surface area contributed by atoms with Gasteiger partial charge >= 0.3 is 5.97 Å². The molecule has 0 spiro atoms. The Labute approximate surface area is 156 Å². The van der Waals surface area contributed by atoms with Gasteiger partial charge in [-0.05, 0) is 42.8 Å². The van der Waals surface area contributed by atoms with E-state index in [-0.39, 0.29) is 16.9 Å². The fraction of sp³-hybridized carbons (Fsp3) is 0.100. The van der Waals surface area contributed by atoms with E-state index in [1.807, 2.05) is 49.4 Å². The lowest BCUT2D eigenvalue weighted by Crippen LogP contribution is -2.11. The molecule has 0 aliphatic heterocycles. The summed E-state index contributed by atoms with van der Waals surface area (Å²) in [5, 5.41) is 17.6. The summed E-state index contributed by atoms with van der Waals surface area (Å²) in [7, 11) is 1.27. The molecule has 7 nitrogen and oxygen atoms in total. The number of esters is 1. The predicted octanol–water partition coefficient (Wildman–Crippen LogP) is 4.44. The third-order valence-corrected chi connectivity index (χ3v) is 4.02. The lowest BCUT2D eigenvalue weighted by molar-refractivity contribution is 0.0593. The number of aromatic nitrogens is 1. The van der Waals surface area contributed by atoms with Gasteiger partial charge in [0.1, 0.15) is 6.07 Å². The van der Waals surface area contributed by atoms with Gasteiger partial charge in [-0.25, -0.2) is 4.79 Å². The molecule has 1 aromatic heterocycles. The number of aryl methyl sites for hydroxylation is 1. The Morgan fingerprint density at radius 2 is 1.85 bits per heavy atom. The molecule has 0 fully saturated rings. The zero-order valence-electron chi connectivity index (χ0n) is 14.9. The summed E-state index contributed by atoms with van der Waals surface area (Å²) in [6.07, 6.45) is 1.52. The van der Waals surface area contributed by atoms with Crippen LogP contribution in [0.5, 0.6) is 0 Å². The number of nitrogens with zero attached hydrogens (tertiary/aromatic N) is 4. The van der Waals surface area contributed by atoms with Gasteiger partial charge in [0.2, 0.25) is 0 Å². The van der Waals surface area contributed by atoms with Gasteiger partial charge in [0.05, 0.1) is 29.7 Å². The molecule has 0 saturated carbocycles. The van der Waals surface area contributed by atoms with E-state index >= 15 is 0 Å². The van der Waals surface area contributed by atoms with Crippen LogP contribution in [0, 0.1) is 18.3 Å². The summed E-state index contributed by atoms with van der Waals surface area (Å²) in [6, 6.07) is 16.8. The van der Waals surface area contributed by atoms with E-state index in [0.717, 1.165) is 11.3 Å². The minimum Gasteiger partial charge on any atom is -0.464 e. The summed E-state index contributed by atoms with van der Waals surface area (Å²) in [6.45, 7) is 1.88. The number of azo groups is 1. The second-order valence-electron chi connectivity index (χ2n) is 5.78. The molecule has 3 aromatic rings.